The first-order valence-electron chi connectivity index (χ1n) is 7.12. The molecule has 18 heavy (non-hydrogen) atoms. The fourth-order valence-corrected chi connectivity index (χ4v) is 3.40. The number of hydrogen-bond acceptors (Lipinski definition) is 3. The maximum atomic E-state index is 3.64. The van der Waals surface area contributed by atoms with Gasteiger partial charge in [0.25, 0.3) is 0 Å². The fourth-order valence-electron chi connectivity index (χ4n) is 2.26. The van der Waals surface area contributed by atoms with E-state index in [0.29, 0.717) is 6.04 Å². The Labute approximate surface area is 115 Å². The van der Waals surface area contributed by atoms with Crippen molar-refractivity contribution in [3.8, 4) is 0 Å². The summed E-state index contributed by atoms with van der Waals surface area (Å²) in [4.78, 5) is 3.24. The highest BCUT2D eigenvalue weighted by atomic mass is 32.2. The summed E-state index contributed by atoms with van der Waals surface area (Å²) < 4.78 is 2.54. The van der Waals surface area contributed by atoms with Gasteiger partial charge in [-0.1, -0.05) is 25.3 Å². The molecule has 3 nitrogen and oxygen atoms in total. The first-order valence-corrected chi connectivity index (χ1v) is 8.06. The highest BCUT2D eigenvalue weighted by molar-refractivity contribution is 7.97. The van der Waals surface area contributed by atoms with Gasteiger partial charge in [0, 0.05) is 43.3 Å². The Balaban J connectivity index is 1.58. The molecule has 0 unspecified atom stereocenters. The Bertz CT molecular complexity index is 305. The average Bonchev–Trinajstić information content (AvgIpc) is 2.91. The van der Waals surface area contributed by atoms with Crippen LogP contribution in [0.3, 0.4) is 0 Å². The Morgan fingerprint density at radius 1 is 1.44 bits per heavy atom. The van der Waals surface area contributed by atoms with Crippen molar-refractivity contribution in [3.05, 3.63) is 24.0 Å². The van der Waals surface area contributed by atoms with E-state index in [2.05, 4.69) is 33.7 Å². The molecule has 1 saturated heterocycles. The van der Waals surface area contributed by atoms with Gasteiger partial charge in [-0.25, -0.2) is 0 Å². The number of aromatic nitrogens is 1. The molecule has 1 aromatic rings. The molecule has 0 atom stereocenters. The highest BCUT2D eigenvalue weighted by Gasteiger charge is 2.18. The number of H-pyrrole nitrogens is 1. The van der Waals surface area contributed by atoms with E-state index in [-0.39, 0.29) is 0 Å². The van der Waals surface area contributed by atoms with Gasteiger partial charge >= 0.3 is 0 Å². The Morgan fingerprint density at radius 2 is 2.28 bits per heavy atom. The van der Waals surface area contributed by atoms with Crippen molar-refractivity contribution in [2.45, 2.75) is 45.2 Å². The van der Waals surface area contributed by atoms with Gasteiger partial charge in [-0.05, 0) is 31.4 Å². The molecule has 0 radical (unpaired) electrons. The molecule has 0 aliphatic carbocycles. The molecule has 0 bridgehead atoms. The average molecular weight is 267 g/mol. The van der Waals surface area contributed by atoms with Gasteiger partial charge in [-0.15, -0.1) is 0 Å². The van der Waals surface area contributed by atoms with Crippen molar-refractivity contribution in [2.24, 2.45) is 0 Å². The van der Waals surface area contributed by atoms with Crippen LogP contribution in [0.4, 0.5) is 0 Å². The second kappa shape index (κ2) is 7.87. The van der Waals surface area contributed by atoms with E-state index in [9.17, 15) is 0 Å². The summed E-state index contributed by atoms with van der Waals surface area (Å²) in [6.45, 7) is 5.70. The second-order valence-corrected chi connectivity index (χ2v) is 6.15. The van der Waals surface area contributed by atoms with E-state index in [1.165, 1.54) is 50.2 Å². The van der Waals surface area contributed by atoms with Gasteiger partial charge in [0.15, 0.2) is 0 Å². The lowest BCUT2D eigenvalue weighted by atomic mass is 10.1. The number of piperidine rings is 1. The zero-order valence-electron chi connectivity index (χ0n) is 11.3. The molecule has 4 heteroatoms. The Hall–Kier alpha value is -0.450. The van der Waals surface area contributed by atoms with Crippen LogP contribution >= 0.6 is 11.9 Å². The maximum Gasteiger partial charge on any atom is 0.0359 e. The van der Waals surface area contributed by atoms with Gasteiger partial charge in [0.05, 0.1) is 0 Å². The van der Waals surface area contributed by atoms with E-state index in [1.54, 1.807) is 0 Å². The van der Waals surface area contributed by atoms with Crippen molar-refractivity contribution < 1.29 is 0 Å². The molecular weight excluding hydrogens is 242 g/mol. The lowest BCUT2D eigenvalue weighted by Crippen LogP contribution is -2.39. The van der Waals surface area contributed by atoms with Crippen LogP contribution in [0.1, 0.15) is 38.3 Å². The Morgan fingerprint density at radius 3 is 2.94 bits per heavy atom. The zero-order chi connectivity index (χ0) is 12.6. The van der Waals surface area contributed by atoms with Gasteiger partial charge in [-0.2, -0.15) is 0 Å². The first kappa shape index (κ1) is 14.0. The predicted molar refractivity (Wildman–Crippen MR) is 79.6 cm³/mol. The first-order chi connectivity index (χ1) is 8.88. The summed E-state index contributed by atoms with van der Waals surface area (Å²) in [6.07, 6.45) is 7.19. The van der Waals surface area contributed by atoms with E-state index in [4.69, 9.17) is 0 Å². The number of nitrogens with one attached hydrogen (secondary N) is 2. The lowest BCUT2D eigenvalue weighted by Gasteiger charge is -2.31. The molecule has 1 aromatic heterocycles. The highest BCUT2D eigenvalue weighted by Crippen LogP contribution is 2.19. The summed E-state index contributed by atoms with van der Waals surface area (Å²) in [7, 11) is 0. The number of aromatic amines is 1. The molecule has 1 aliphatic heterocycles. The molecule has 1 aliphatic rings. The minimum atomic E-state index is 0.691. The second-order valence-electron chi connectivity index (χ2n) is 4.97. The number of nitrogens with zero attached hydrogens (tertiary/aromatic N) is 1. The summed E-state index contributed by atoms with van der Waals surface area (Å²) in [6, 6.07) is 4.89. The van der Waals surface area contributed by atoms with Crippen LogP contribution in [0.25, 0.3) is 0 Å². The molecule has 0 aromatic carbocycles. The third kappa shape index (κ3) is 4.67. The van der Waals surface area contributed by atoms with Crippen LogP contribution in [-0.4, -0.2) is 34.2 Å². The zero-order valence-corrected chi connectivity index (χ0v) is 12.1. The van der Waals surface area contributed by atoms with Crippen LogP contribution in [-0.2, 0) is 6.54 Å². The molecule has 1 fully saturated rings. The lowest BCUT2D eigenvalue weighted by molar-refractivity contribution is 0.306. The predicted octanol–water partition coefficient (Wildman–Crippen LogP) is 3.02. The van der Waals surface area contributed by atoms with Crippen molar-refractivity contribution in [1.82, 2.24) is 14.6 Å². The smallest absolute Gasteiger partial charge is 0.0359 e. The summed E-state index contributed by atoms with van der Waals surface area (Å²) in [5.74, 6) is 1.29. The largest absolute Gasteiger partial charge is 0.364 e. The van der Waals surface area contributed by atoms with Gasteiger partial charge < -0.3 is 10.3 Å². The number of rotatable bonds is 7. The van der Waals surface area contributed by atoms with Crippen molar-refractivity contribution in [1.29, 1.82) is 0 Å². The SMILES string of the molecule is CCCCSN1CCC(NCc2ccc[nH]2)CC1. The molecule has 0 amide bonds. The molecular formula is C14H25N3S. The van der Waals surface area contributed by atoms with Gasteiger partial charge in [-0.3, -0.25) is 4.31 Å². The van der Waals surface area contributed by atoms with Crippen molar-refractivity contribution in [3.63, 3.8) is 0 Å². The van der Waals surface area contributed by atoms with Crippen LogP contribution in [0.5, 0.6) is 0 Å². The monoisotopic (exact) mass is 267 g/mol. The Kier molecular flexibility index (Phi) is 6.11. The van der Waals surface area contributed by atoms with Crippen molar-refractivity contribution >= 4 is 11.9 Å². The van der Waals surface area contributed by atoms with E-state index in [0.717, 1.165) is 6.54 Å². The van der Waals surface area contributed by atoms with E-state index < -0.39 is 0 Å². The summed E-state index contributed by atoms with van der Waals surface area (Å²) in [5, 5.41) is 3.64. The van der Waals surface area contributed by atoms with Crippen LogP contribution in [0, 0.1) is 0 Å². The molecule has 2 rings (SSSR count). The normalized spacial score (nSPS) is 18.3. The third-order valence-electron chi connectivity index (χ3n) is 3.47. The van der Waals surface area contributed by atoms with E-state index in [1.807, 2.05) is 18.1 Å². The summed E-state index contributed by atoms with van der Waals surface area (Å²) in [5.41, 5.74) is 1.29. The minimum absolute atomic E-state index is 0.691. The van der Waals surface area contributed by atoms with Crippen molar-refractivity contribution in [2.75, 3.05) is 18.8 Å². The van der Waals surface area contributed by atoms with Crippen LogP contribution < -0.4 is 5.32 Å². The van der Waals surface area contributed by atoms with E-state index >= 15 is 0 Å². The minimum Gasteiger partial charge on any atom is -0.364 e. The number of hydrogen-bond donors (Lipinski definition) is 2. The van der Waals surface area contributed by atoms with Gasteiger partial charge in [0.1, 0.15) is 0 Å². The standard InChI is InChI=1S/C14H25N3S/c1-2-3-11-18-17-9-6-13(7-10-17)16-12-14-5-4-8-15-14/h4-5,8,13,15-16H,2-3,6-7,9-12H2,1H3. The number of unbranched alkanes of at least 4 members (excludes halogenated alkanes) is 1. The molecule has 0 saturated carbocycles. The topological polar surface area (TPSA) is 31.1 Å². The molecule has 0 spiro atoms. The molecule has 2 N–H and O–H groups in total. The fraction of sp³-hybridized carbons (Fsp3) is 0.714. The van der Waals surface area contributed by atoms with Gasteiger partial charge in [0.2, 0.25) is 0 Å². The maximum absolute atomic E-state index is 3.64. The molecule has 102 valence electrons. The van der Waals surface area contributed by atoms with Crippen LogP contribution in [0.2, 0.25) is 0 Å². The molecule has 2 heterocycles. The van der Waals surface area contributed by atoms with Crippen LogP contribution in [0.15, 0.2) is 18.3 Å². The third-order valence-corrected chi connectivity index (χ3v) is 4.67. The summed E-state index contributed by atoms with van der Waals surface area (Å²) >= 11 is 2.04. The quantitative estimate of drug-likeness (QED) is 0.588.